The molecule has 0 spiro atoms. The van der Waals surface area contributed by atoms with Crippen molar-refractivity contribution in [2.75, 3.05) is 25.0 Å². The van der Waals surface area contributed by atoms with Crippen LogP contribution in [0.15, 0.2) is 54.6 Å². The van der Waals surface area contributed by atoms with Crippen LogP contribution in [0.25, 0.3) is 0 Å². The van der Waals surface area contributed by atoms with E-state index >= 15 is 0 Å². The zero-order valence-corrected chi connectivity index (χ0v) is 16.7. The summed E-state index contributed by atoms with van der Waals surface area (Å²) in [5, 5.41) is 3.34. The molecule has 0 bridgehead atoms. The van der Waals surface area contributed by atoms with Crippen LogP contribution in [0, 0.1) is 5.41 Å². The molecule has 1 aliphatic heterocycles. The highest BCUT2D eigenvalue weighted by atomic mass is 35.5. The quantitative estimate of drug-likeness (QED) is 0.736. The Morgan fingerprint density at radius 2 is 1.86 bits per heavy atom. The number of benzene rings is 2. The van der Waals surface area contributed by atoms with Crippen LogP contribution >= 0.6 is 11.6 Å². The lowest BCUT2D eigenvalue weighted by molar-refractivity contribution is -0.158. The first-order valence-electron chi connectivity index (χ1n) is 9.56. The Bertz CT molecular complexity index is 828. The van der Waals surface area contributed by atoms with E-state index < -0.39 is 5.41 Å². The summed E-state index contributed by atoms with van der Waals surface area (Å²) in [6.07, 6.45) is 1.97. The number of rotatable bonds is 5. The third kappa shape index (κ3) is 4.65. The minimum Gasteiger partial charge on any atom is -0.466 e. The summed E-state index contributed by atoms with van der Waals surface area (Å²) in [6, 6.07) is 16.7. The highest BCUT2D eigenvalue weighted by Crippen LogP contribution is 2.36. The van der Waals surface area contributed by atoms with E-state index in [1.54, 1.807) is 24.0 Å². The second kappa shape index (κ2) is 9.11. The smallest absolute Gasteiger partial charge is 0.321 e. The number of ether oxygens (including phenoxy) is 1. The predicted octanol–water partition coefficient (Wildman–Crippen LogP) is 4.76. The number of urea groups is 1. The molecule has 0 saturated carbocycles. The number of halogens is 1. The van der Waals surface area contributed by atoms with Gasteiger partial charge in [0.05, 0.1) is 22.7 Å². The average Bonchev–Trinajstić information content (AvgIpc) is 2.71. The van der Waals surface area contributed by atoms with Crippen LogP contribution in [0.4, 0.5) is 10.5 Å². The van der Waals surface area contributed by atoms with Gasteiger partial charge < -0.3 is 15.0 Å². The fourth-order valence-corrected chi connectivity index (χ4v) is 3.90. The van der Waals surface area contributed by atoms with Crippen molar-refractivity contribution < 1.29 is 14.3 Å². The number of nitrogens with zero attached hydrogens (tertiary/aromatic N) is 1. The molecule has 5 nitrogen and oxygen atoms in total. The lowest BCUT2D eigenvalue weighted by Crippen LogP contribution is -2.52. The zero-order valence-electron chi connectivity index (χ0n) is 16.0. The molecule has 0 aromatic heterocycles. The summed E-state index contributed by atoms with van der Waals surface area (Å²) in [5.74, 6) is -0.242. The Hall–Kier alpha value is -2.53. The van der Waals surface area contributed by atoms with Crippen LogP contribution < -0.4 is 5.32 Å². The maximum Gasteiger partial charge on any atom is 0.321 e. The molecule has 1 heterocycles. The van der Waals surface area contributed by atoms with Crippen molar-refractivity contribution in [3.05, 3.63) is 65.2 Å². The topological polar surface area (TPSA) is 58.6 Å². The van der Waals surface area contributed by atoms with E-state index in [-0.39, 0.29) is 12.0 Å². The van der Waals surface area contributed by atoms with Gasteiger partial charge in [0.1, 0.15) is 0 Å². The van der Waals surface area contributed by atoms with Crippen molar-refractivity contribution in [2.45, 2.75) is 26.2 Å². The Balaban J connectivity index is 1.80. The fourth-order valence-electron chi connectivity index (χ4n) is 3.72. The molecule has 0 unspecified atom stereocenters. The van der Waals surface area contributed by atoms with E-state index in [0.717, 1.165) is 12.0 Å². The van der Waals surface area contributed by atoms with E-state index in [9.17, 15) is 9.59 Å². The van der Waals surface area contributed by atoms with E-state index in [2.05, 4.69) is 5.32 Å². The van der Waals surface area contributed by atoms with E-state index in [1.165, 1.54) is 0 Å². The van der Waals surface area contributed by atoms with Crippen molar-refractivity contribution in [1.82, 2.24) is 4.90 Å². The number of nitrogens with one attached hydrogen (secondary N) is 1. The molecule has 6 heteroatoms. The molecule has 28 heavy (non-hydrogen) atoms. The van der Waals surface area contributed by atoms with Gasteiger partial charge in [0, 0.05) is 13.1 Å². The molecule has 1 fully saturated rings. The van der Waals surface area contributed by atoms with Gasteiger partial charge in [0.2, 0.25) is 0 Å². The summed E-state index contributed by atoms with van der Waals surface area (Å²) in [4.78, 5) is 27.4. The van der Waals surface area contributed by atoms with Gasteiger partial charge >= 0.3 is 12.0 Å². The highest BCUT2D eigenvalue weighted by molar-refractivity contribution is 6.33. The number of piperidine rings is 1. The molecular weight excluding hydrogens is 376 g/mol. The van der Waals surface area contributed by atoms with E-state index in [0.29, 0.717) is 43.2 Å². The maximum atomic E-state index is 12.9. The van der Waals surface area contributed by atoms with Crippen LogP contribution in [0.1, 0.15) is 25.3 Å². The average molecular weight is 401 g/mol. The molecule has 2 aromatic rings. The number of likely N-dealkylation sites (tertiary alicyclic amines) is 1. The number of esters is 1. The minimum absolute atomic E-state index is 0.242. The van der Waals surface area contributed by atoms with Crippen molar-refractivity contribution in [1.29, 1.82) is 0 Å². The second-order valence-corrected chi connectivity index (χ2v) is 7.51. The van der Waals surface area contributed by atoms with Gasteiger partial charge in [0.25, 0.3) is 0 Å². The monoisotopic (exact) mass is 400 g/mol. The standard InChI is InChI=1S/C22H25ClN2O3/c1-2-28-20(26)22(15-17-9-4-3-5-10-17)13-8-14-25(16-22)21(27)24-19-12-7-6-11-18(19)23/h3-7,9-12H,2,8,13-16H2,1H3,(H,24,27)/t22-/m0/s1. The van der Waals surface area contributed by atoms with Crippen LogP contribution in [0.3, 0.4) is 0 Å². The van der Waals surface area contributed by atoms with Gasteiger partial charge in [-0.15, -0.1) is 0 Å². The minimum atomic E-state index is -0.743. The Morgan fingerprint density at radius 3 is 2.57 bits per heavy atom. The number of para-hydroxylation sites is 1. The normalized spacial score (nSPS) is 19.1. The summed E-state index contributed by atoms with van der Waals surface area (Å²) in [6.45, 7) is 3.03. The molecule has 1 saturated heterocycles. The molecule has 0 radical (unpaired) electrons. The van der Waals surface area contributed by atoms with Crippen molar-refractivity contribution in [3.63, 3.8) is 0 Å². The number of anilines is 1. The first kappa shape index (κ1) is 20.2. The first-order chi connectivity index (χ1) is 13.5. The van der Waals surface area contributed by atoms with Crippen LogP contribution in [-0.2, 0) is 16.0 Å². The molecule has 0 aliphatic carbocycles. The molecule has 148 valence electrons. The molecule has 1 atom stereocenters. The summed E-state index contributed by atoms with van der Waals surface area (Å²) >= 11 is 6.15. The van der Waals surface area contributed by atoms with E-state index in [4.69, 9.17) is 16.3 Å². The Labute approximate surface area is 170 Å². The van der Waals surface area contributed by atoms with Gasteiger partial charge in [-0.25, -0.2) is 4.79 Å². The third-order valence-electron chi connectivity index (χ3n) is 5.07. The fraction of sp³-hybridized carbons (Fsp3) is 0.364. The van der Waals surface area contributed by atoms with Crippen LogP contribution in [-0.4, -0.2) is 36.6 Å². The Kier molecular flexibility index (Phi) is 6.57. The lowest BCUT2D eigenvalue weighted by atomic mass is 9.75. The first-order valence-corrected chi connectivity index (χ1v) is 9.93. The van der Waals surface area contributed by atoms with Gasteiger partial charge in [-0.1, -0.05) is 54.1 Å². The molecule has 2 amide bonds. The number of carbonyl (C=O) groups is 2. The number of hydrogen-bond donors (Lipinski definition) is 1. The largest absolute Gasteiger partial charge is 0.466 e. The maximum absolute atomic E-state index is 12.9. The Morgan fingerprint density at radius 1 is 1.14 bits per heavy atom. The number of carbonyl (C=O) groups excluding carboxylic acids is 2. The van der Waals surface area contributed by atoms with Crippen LogP contribution in [0.2, 0.25) is 5.02 Å². The molecule has 1 aliphatic rings. The summed E-state index contributed by atoms with van der Waals surface area (Å²) < 4.78 is 5.40. The number of amides is 2. The molecule has 1 N–H and O–H groups in total. The van der Waals surface area contributed by atoms with Gasteiger partial charge in [0.15, 0.2) is 0 Å². The SMILES string of the molecule is CCOC(=O)[C@]1(Cc2ccccc2)CCCN(C(=O)Nc2ccccc2Cl)C1. The van der Waals surface area contributed by atoms with E-state index in [1.807, 2.05) is 42.5 Å². The zero-order chi connectivity index (χ0) is 20.0. The summed E-state index contributed by atoms with van der Waals surface area (Å²) in [5.41, 5.74) is 0.876. The molecular formula is C22H25ClN2O3. The van der Waals surface area contributed by atoms with Crippen molar-refractivity contribution in [2.24, 2.45) is 5.41 Å². The lowest BCUT2D eigenvalue weighted by Gasteiger charge is -2.41. The molecule has 3 rings (SSSR count). The van der Waals surface area contributed by atoms with Crippen molar-refractivity contribution >= 4 is 29.3 Å². The van der Waals surface area contributed by atoms with Gasteiger partial charge in [-0.2, -0.15) is 0 Å². The second-order valence-electron chi connectivity index (χ2n) is 7.10. The highest BCUT2D eigenvalue weighted by Gasteiger charge is 2.44. The van der Waals surface area contributed by atoms with Gasteiger partial charge in [-0.3, -0.25) is 4.79 Å². The molecule has 2 aromatic carbocycles. The predicted molar refractivity (Wildman–Crippen MR) is 110 cm³/mol. The third-order valence-corrected chi connectivity index (χ3v) is 5.40. The van der Waals surface area contributed by atoms with Crippen molar-refractivity contribution in [3.8, 4) is 0 Å². The summed E-state index contributed by atoms with van der Waals surface area (Å²) in [7, 11) is 0. The van der Waals surface area contributed by atoms with Gasteiger partial charge in [-0.05, 0) is 43.9 Å². The van der Waals surface area contributed by atoms with Crippen LogP contribution in [0.5, 0.6) is 0 Å². The number of hydrogen-bond acceptors (Lipinski definition) is 3.